The van der Waals surface area contributed by atoms with E-state index in [1.807, 2.05) is 0 Å². The number of phosphoric acid groups is 1. The lowest BCUT2D eigenvalue weighted by atomic mass is 10.0. The largest absolute Gasteiger partial charge is 0.466 e. The van der Waals surface area contributed by atoms with E-state index in [0.717, 1.165) is 12.8 Å². The molecule has 0 aliphatic rings. The Kier molecular flexibility index (Phi) is 23.3. The summed E-state index contributed by atoms with van der Waals surface area (Å²) < 4.78 is 32.2. The third-order valence-corrected chi connectivity index (χ3v) is 6.77. The van der Waals surface area contributed by atoms with Crippen molar-refractivity contribution < 1.29 is 37.9 Å². The van der Waals surface area contributed by atoms with Crippen LogP contribution in [0.1, 0.15) is 110 Å². The molecule has 0 aromatic carbocycles. The number of aliphatic hydroxyl groups is 2. The molecule has 5 N–H and O–H groups in total. The van der Waals surface area contributed by atoms with E-state index < -0.39 is 30.4 Å². The zero-order valence-electron chi connectivity index (χ0n) is 19.3. The van der Waals surface area contributed by atoms with E-state index in [-0.39, 0.29) is 11.5 Å². The number of hydrogen-bond donors (Lipinski definition) is 5. The molecule has 0 saturated heterocycles. The minimum Gasteiger partial charge on any atom is -0.394 e. The van der Waals surface area contributed by atoms with Gasteiger partial charge in [-0.05, 0) is 6.42 Å². The van der Waals surface area contributed by atoms with Crippen molar-refractivity contribution in [2.75, 3.05) is 18.1 Å². The van der Waals surface area contributed by atoms with E-state index in [1.54, 1.807) is 0 Å². The molecule has 0 bridgehead atoms. The van der Waals surface area contributed by atoms with Crippen molar-refractivity contribution >= 4 is 17.7 Å². The van der Waals surface area contributed by atoms with Gasteiger partial charge in [0.15, 0.2) is 9.84 Å². The second-order valence-electron chi connectivity index (χ2n) is 8.27. The predicted octanol–water partition coefficient (Wildman–Crippen LogP) is 4.09. The molecule has 0 aliphatic heterocycles. The van der Waals surface area contributed by atoms with Gasteiger partial charge in [0.25, 0.3) is 0 Å². The summed E-state index contributed by atoms with van der Waals surface area (Å²) in [4.78, 5) is 21.6. The van der Waals surface area contributed by atoms with Gasteiger partial charge in [0.1, 0.15) is 0 Å². The van der Waals surface area contributed by atoms with Crippen molar-refractivity contribution in [2.24, 2.45) is 0 Å². The molecule has 190 valence electrons. The topological polar surface area (TPSA) is 152 Å². The SMILES string of the molecule is CCCCCCCCCCCCCCCCCCS(=O)(=O)CC(O)CO.O=P(O)(O)O. The number of rotatable bonds is 20. The summed E-state index contributed by atoms with van der Waals surface area (Å²) in [5.41, 5.74) is 0. The van der Waals surface area contributed by atoms with E-state index >= 15 is 0 Å². The molecule has 0 rings (SSSR count). The van der Waals surface area contributed by atoms with E-state index in [0.29, 0.717) is 6.42 Å². The molecule has 10 heteroatoms. The monoisotopic (exact) mass is 490 g/mol. The molecule has 0 heterocycles. The number of hydrogen-bond acceptors (Lipinski definition) is 5. The van der Waals surface area contributed by atoms with Crippen LogP contribution >= 0.6 is 7.82 Å². The van der Waals surface area contributed by atoms with Gasteiger partial charge < -0.3 is 24.9 Å². The molecule has 0 aromatic rings. The van der Waals surface area contributed by atoms with Crippen LogP contribution in [0.5, 0.6) is 0 Å². The van der Waals surface area contributed by atoms with Gasteiger partial charge in [0.2, 0.25) is 0 Å². The Bertz CT molecular complexity index is 513. The summed E-state index contributed by atoms with van der Waals surface area (Å²) in [6.45, 7) is 1.77. The van der Waals surface area contributed by atoms with Crippen LogP contribution in [0, 0.1) is 0 Å². The Balaban J connectivity index is 0. The quantitative estimate of drug-likeness (QED) is 0.126. The summed E-state index contributed by atoms with van der Waals surface area (Å²) in [5, 5.41) is 17.9. The second kappa shape index (κ2) is 21.8. The van der Waals surface area contributed by atoms with Crippen LogP contribution < -0.4 is 0 Å². The maximum Gasteiger partial charge on any atom is 0.466 e. The van der Waals surface area contributed by atoms with Crippen molar-refractivity contribution in [3.8, 4) is 0 Å². The number of unbranched alkanes of at least 4 members (excludes halogenated alkanes) is 15. The molecular formula is C21H47O8PS. The summed E-state index contributed by atoms with van der Waals surface area (Å²) in [6.07, 6.45) is 19.1. The zero-order valence-corrected chi connectivity index (χ0v) is 21.0. The van der Waals surface area contributed by atoms with Gasteiger partial charge in [0.05, 0.1) is 24.2 Å². The van der Waals surface area contributed by atoms with Gasteiger partial charge in [-0.3, -0.25) is 0 Å². The number of sulfone groups is 1. The summed E-state index contributed by atoms with van der Waals surface area (Å²) in [6, 6.07) is 0. The van der Waals surface area contributed by atoms with Crippen LogP contribution in [0.15, 0.2) is 0 Å². The highest BCUT2D eigenvalue weighted by atomic mass is 32.2. The second-order valence-corrected chi connectivity index (χ2v) is 11.5. The fourth-order valence-electron chi connectivity index (χ4n) is 3.30. The van der Waals surface area contributed by atoms with Crippen LogP contribution in [-0.2, 0) is 14.4 Å². The standard InChI is InChI=1S/C21H44O4S.H3O4P/c1-2-3-4-5-6-7-8-9-10-11-12-13-14-15-16-17-18-26(24,25)20-21(23)19-22;1-5(2,3)4/h21-23H,2-20H2,1H3;(H3,1,2,3,4). The van der Waals surface area contributed by atoms with Gasteiger partial charge in [-0.15, -0.1) is 0 Å². The molecule has 1 unspecified atom stereocenters. The highest BCUT2D eigenvalue weighted by molar-refractivity contribution is 7.91. The lowest BCUT2D eigenvalue weighted by Crippen LogP contribution is -2.25. The van der Waals surface area contributed by atoms with E-state index in [1.165, 1.54) is 83.5 Å². The lowest BCUT2D eigenvalue weighted by Gasteiger charge is -2.08. The predicted molar refractivity (Wildman–Crippen MR) is 126 cm³/mol. The zero-order chi connectivity index (χ0) is 24.0. The lowest BCUT2D eigenvalue weighted by molar-refractivity contribution is 0.112. The molecule has 0 radical (unpaired) electrons. The third-order valence-electron chi connectivity index (χ3n) is 4.97. The Morgan fingerprint density at radius 1 is 0.677 bits per heavy atom. The van der Waals surface area contributed by atoms with E-state index in [2.05, 4.69) is 6.92 Å². The molecule has 0 amide bonds. The molecule has 0 aromatic heterocycles. The first-order valence-corrected chi connectivity index (χ1v) is 15.2. The van der Waals surface area contributed by atoms with Gasteiger partial charge in [-0.2, -0.15) is 0 Å². The Hall–Kier alpha value is -0.0200. The Morgan fingerprint density at radius 3 is 1.26 bits per heavy atom. The average Bonchev–Trinajstić information content (AvgIpc) is 2.66. The minimum absolute atomic E-state index is 0.127. The molecular weight excluding hydrogens is 443 g/mol. The molecule has 31 heavy (non-hydrogen) atoms. The summed E-state index contributed by atoms with van der Waals surface area (Å²) in [7, 11) is -7.86. The first kappa shape index (κ1) is 33.2. The van der Waals surface area contributed by atoms with Crippen LogP contribution in [-0.4, -0.2) is 57.5 Å². The minimum atomic E-state index is -4.64. The third kappa shape index (κ3) is 34.8. The average molecular weight is 491 g/mol. The normalized spacial score (nSPS) is 13.0. The van der Waals surface area contributed by atoms with E-state index in [9.17, 15) is 13.5 Å². The van der Waals surface area contributed by atoms with E-state index in [4.69, 9.17) is 24.4 Å². The first-order valence-electron chi connectivity index (χ1n) is 11.8. The highest BCUT2D eigenvalue weighted by Gasteiger charge is 2.15. The molecule has 0 spiro atoms. The van der Waals surface area contributed by atoms with Crippen molar-refractivity contribution in [3.63, 3.8) is 0 Å². The van der Waals surface area contributed by atoms with Gasteiger partial charge in [0, 0.05) is 0 Å². The van der Waals surface area contributed by atoms with Crippen LogP contribution in [0.25, 0.3) is 0 Å². The van der Waals surface area contributed by atoms with Crippen LogP contribution in [0.3, 0.4) is 0 Å². The maximum absolute atomic E-state index is 11.7. The highest BCUT2D eigenvalue weighted by Crippen LogP contribution is 2.25. The molecule has 0 saturated carbocycles. The van der Waals surface area contributed by atoms with Gasteiger partial charge in [-0.25, -0.2) is 13.0 Å². The summed E-state index contributed by atoms with van der Waals surface area (Å²) >= 11 is 0. The van der Waals surface area contributed by atoms with Crippen molar-refractivity contribution in [3.05, 3.63) is 0 Å². The molecule has 8 nitrogen and oxygen atoms in total. The number of aliphatic hydroxyl groups excluding tert-OH is 2. The Morgan fingerprint density at radius 2 is 0.968 bits per heavy atom. The van der Waals surface area contributed by atoms with Crippen LogP contribution in [0.2, 0.25) is 0 Å². The van der Waals surface area contributed by atoms with Gasteiger partial charge >= 0.3 is 7.82 Å². The van der Waals surface area contributed by atoms with Crippen molar-refractivity contribution in [1.82, 2.24) is 0 Å². The fourth-order valence-corrected chi connectivity index (χ4v) is 4.80. The molecule has 0 fully saturated rings. The van der Waals surface area contributed by atoms with Crippen molar-refractivity contribution in [2.45, 2.75) is 116 Å². The fraction of sp³-hybridized carbons (Fsp3) is 1.00. The maximum atomic E-state index is 11.7. The van der Waals surface area contributed by atoms with Crippen molar-refractivity contribution in [1.29, 1.82) is 0 Å². The molecule has 0 aliphatic carbocycles. The smallest absolute Gasteiger partial charge is 0.394 e. The first-order chi connectivity index (χ1) is 14.5. The van der Waals surface area contributed by atoms with Gasteiger partial charge in [-0.1, -0.05) is 103 Å². The molecule has 1 atom stereocenters. The van der Waals surface area contributed by atoms with Crippen LogP contribution in [0.4, 0.5) is 0 Å². The Labute approximate surface area is 189 Å². The summed E-state index contributed by atoms with van der Waals surface area (Å²) in [5.74, 6) is -0.190.